The lowest BCUT2D eigenvalue weighted by Gasteiger charge is -2.10. The molecule has 2 aromatic rings. The van der Waals surface area contributed by atoms with Gasteiger partial charge in [0, 0.05) is 11.1 Å². The van der Waals surface area contributed by atoms with E-state index < -0.39 is 0 Å². The molecular weight excluding hydrogens is 252 g/mol. The van der Waals surface area contributed by atoms with Gasteiger partial charge < -0.3 is 5.32 Å². The molecule has 3 heteroatoms. The Labute approximate surface area is 119 Å². The van der Waals surface area contributed by atoms with Crippen LogP contribution < -0.4 is 5.32 Å². The summed E-state index contributed by atoms with van der Waals surface area (Å²) < 4.78 is 0. The van der Waals surface area contributed by atoms with Gasteiger partial charge in [-0.2, -0.15) is 0 Å². The predicted octanol–water partition coefficient (Wildman–Crippen LogP) is 4.13. The molecule has 2 nitrogen and oxygen atoms in total. The Morgan fingerprint density at radius 2 is 2.00 bits per heavy atom. The van der Waals surface area contributed by atoms with Gasteiger partial charge >= 0.3 is 0 Å². The molecule has 1 atom stereocenters. The maximum absolute atomic E-state index is 4.51. The lowest BCUT2D eigenvalue weighted by atomic mass is 10.1. The number of hydrogen-bond acceptors (Lipinski definition) is 3. The number of rotatable bonds is 7. The largest absolute Gasteiger partial charge is 0.308 e. The van der Waals surface area contributed by atoms with E-state index >= 15 is 0 Å². The molecule has 102 valence electrons. The zero-order valence-electron chi connectivity index (χ0n) is 11.7. The number of unbranched alkanes of at least 4 members (excludes halogenated alkanes) is 1. The first kappa shape index (κ1) is 14.2. The zero-order valence-corrected chi connectivity index (χ0v) is 12.5. The number of nitrogens with zero attached hydrogens (tertiary/aromatic N) is 1. The van der Waals surface area contributed by atoms with E-state index in [2.05, 4.69) is 52.9 Å². The molecule has 1 aromatic carbocycles. The normalized spacial score (nSPS) is 12.5. The molecular formula is C16H22N2S. The van der Waals surface area contributed by atoms with Crippen molar-refractivity contribution in [1.82, 2.24) is 10.3 Å². The summed E-state index contributed by atoms with van der Waals surface area (Å²) in [6.07, 6.45) is 3.62. The zero-order chi connectivity index (χ0) is 13.5. The molecule has 0 radical (unpaired) electrons. The first-order valence-electron chi connectivity index (χ1n) is 6.95. The molecule has 0 fully saturated rings. The van der Waals surface area contributed by atoms with Gasteiger partial charge in [0.1, 0.15) is 5.01 Å². The van der Waals surface area contributed by atoms with Crippen LogP contribution in [0.5, 0.6) is 0 Å². The maximum Gasteiger partial charge on any atom is 0.110 e. The molecule has 0 saturated heterocycles. The Bertz CT molecular complexity index is 479. The van der Waals surface area contributed by atoms with Crippen LogP contribution in [0.4, 0.5) is 0 Å². The van der Waals surface area contributed by atoms with Crippen LogP contribution in [0.2, 0.25) is 0 Å². The average molecular weight is 274 g/mol. The second-order valence-electron chi connectivity index (χ2n) is 4.95. The van der Waals surface area contributed by atoms with Crippen LogP contribution >= 0.6 is 11.3 Å². The van der Waals surface area contributed by atoms with Crippen molar-refractivity contribution < 1.29 is 0 Å². The molecule has 0 aliphatic heterocycles. The average Bonchev–Trinajstić information content (AvgIpc) is 2.86. The van der Waals surface area contributed by atoms with Gasteiger partial charge in [0.25, 0.3) is 0 Å². The summed E-state index contributed by atoms with van der Waals surface area (Å²) in [5.74, 6) is 0. The molecule has 1 heterocycles. The van der Waals surface area contributed by atoms with Gasteiger partial charge in [0.2, 0.25) is 0 Å². The van der Waals surface area contributed by atoms with Gasteiger partial charge in [-0.05, 0) is 45.2 Å². The molecule has 2 rings (SSSR count). The molecule has 1 aromatic heterocycles. The number of aromatic nitrogens is 1. The van der Waals surface area contributed by atoms with E-state index in [1.54, 1.807) is 11.3 Å². The van der Waals surface area contributed by atoms with E-state index in [1.807, 2.05) is 6.92 Å². The Balaban J connectivity index is 1.62. The molecule has 1 N–H and O–H groups in total. The highest BCUT2D eigenvalue weighted by molar-refractivity contribution is 7.09. The summed E-state index contributed by atoms with van der Waals surface area (Å²) in [5.41, 5.74) is 2.56. The number of hydrogen-bond donors (Lipinski definition) is 1. The highest BCUT2D eigenvalue weighted by Crippen LogP contribution is 2.17. The first-order valence-corrected chi connectivity index (χ1v) is 7.83. The molecule has 0 amide bonds. The Hall–Kier alpha value is -1.19. The van der Waals surface area contributed by atoms with Crippen LogP contribution in [0.25, 0.3) is 0 Å². The van der Waals surface area contributed by atoms with Crippen LogP contribution in [-0.4, -0.2) is 11.5 Å². The van der Waals surface area contributed by atoms with E-state index in [0.717, 1.165) is 12.2 Å². The third kappa shape index (κ3) is 4.77. The van der Waals surface area contributed by atoms with E-state index in [0.29, 0.717) is 6.04 Å². The molecule has 0 spiro atoms. The topological polar surface area (TPSA) is 24.9 Å². The summed E-state index contributed by atoms with van der Waals surface area (Å²) >= 11 is 1.74. The van der Waals surface area contributed by atoms with Crippen LogP contribution in [0.3, 0.4) is 0 Å². The molecule has 0 bridgehead atoms. The summed E-state index contributed by atoms with van der Waals surface area (Å²) in [6.45, 7) is 5.30. The van der Waals surface area contributed by atoms with Crippen molar-refractivity contribution in [3.05, 3.63) is 52.0 Å². The highest BCUT2D eigenvalue weighted by Gasteiger charge is 2.07. The van der Waals surface area contributed by atoms with Crippen molar-refractivity contribution in [3.63, 3.8) is 0 Å². The third-order valence-electron chi connectivity index (χ3n) is 3.19. The van der Waals surface area contributed by atoms with E-state index in [1.165, 1.54) is 29.8 Å². The van der Waals surface area contributed by atoms with Crippen LogP contribution in [0.15, 0.2) is 35.7 Å². The van der Waals surface area contributed by atoms with Gasteiger partial charge in [-0.25, -0.2) is 4.98 Å². The minimum atomic E-state index is 0.371. The lowest BCUT2D eigenvalue weighted by Crippen LogP contribution is -2.19. The SMILES string of the molecule is Cc1csc(C(C)NCCCCc2ccccc2)n1. The maximum atomic E-state index is 4.51. The van der Waals surface area contributed by atoms with Crippen molar-refractivity contribution in [2.45, 2.75) is 39.2 Å². The minimum absolute atomic E-state index is 0.371. The lowest BCUT2D eigenvalue weighted by molar-refractivity contribution is 0.544. The summed E-state index contributed by atoms with van der Waals surface area (Å²) in [6, 6.07) is 11.1. The highest BCUT2D eigenvalue weighted by atomic mass is 32.1. The van der Waals surface area contributed by atoms with Crippen molar-refractivity contribution >= 4 is 11.3 Å². The standard InChI is InChI=1S/C16H22N2S/c1-13-12-19-16(18-13)14(2)17-11-7-6-10-15-8-4-3-5-9-15/h3-5,8-9,12,14,17H,6-7,10-11H2,1-2H3. The fourth-order valence-electron chi connectivity index (χ4n) is 2.08. The van der Waals surface area contributed by atoms with Crippen LogP contribution in [0, 0.1) is 6.92 Å². The monoisotopic (exact) mass is 274 g/mol. The minimum Gasteiger partial charge on any atom is -0.308 e. The van der Waals surface area contributed by atoms with Gasteiger partial charge in [-0.15, -0.1) is 11.3 Å². The van der Waals surface area contributed by atoms with Crippen molar-refractivity contribution in [1.29, 1.82) is 0 Å². The van der Waals surface area contributed by atoms with Crippen molar-refractivity contribution in [2.75, 3.05) is 6.54 Å². The summed E-state index contributed by atoms with van der Waals surface area (Å²) in [5, 5.41) is 6.86. The Morgan fingerprint density at radius 3 is 2.68 bits per heavy atom. The molecule has 0 saturated carbocycles. The second-order valence-corrected chi connectivity index (χ2v) is 5.84. The second kappa shape index (κ2) is 7.41. The smallest absolute Gasteiger partial charge is 0.110 e. The molecule has 1 unspecified atom stereocenters. The Morgan fingerprint density at radius 1 is 1.21 bits per heavy atom. The third-order valence-corrected chi connectivity index (χ3v) is 4.34. The van der Waals surface area contributed by atoms with Crippen molar-refractivity contribution in [2.24, 2.45) is 0 Å². The molecule has 0 aliphatic rings. The molecule has 0 aliphatic carbocycles. The number of aryl methyl sites for hydroxylation is 2. The van der Waals surface area contributed by atoms with Gasteiger partial charge in [0.05, 0.1) is 6.04 Å². The number of nitrogens with one attached hydrogen (secondary N) is 1. The number of benzene rings is 1. The van der Waals surface area contributed by atoms with Gasteiger partial charge in [0.15, 0.2) is 0 Å². The Kier molecular flexibility index (Phi) is 5.55. The fourth-order valence-corrected chi connectivity index (χ4v) is 2.90. The quantitative estimate of drug-likeness (QED) is 0.768. The predicted molar refractivity (Wildman–Crippen MR) is 82.6 cm³/mol. The molecule has 19 heavy (non-hydrogen) atoms. The van der Waals surface area contributed by atoms with Gasteiger partial charge in [-0.3, -0.25) is 0 Å². The summed E-state index contributed by atoms with van der Waals surface area (Å²) in [7, 11) is 0. The first-order chi connectivity index (χ1) is 9.25. The van der Waals surface area contributed by atoms with Crippen molar-refractivity contribution in [3.8, 4) is 0 Å². The van der Waals surface area contributed by atoms with E-state index in [4.69, 9.17) is 0 Å². The van der Waals surface area contributed by atoms with Crippen LogP contribution in [0.1, 0.15) is 42.1 Å². The van der Waals surface area contributed by atoms with E-state index in [9.17, 15) is 0 Å². The van der Waals surface area contributed by atoms with Gasteiger partial charge in [-0.1, -0.05) is 30.3 Å². The summed E-state index contributed by atoms with van der Waals surface area (Å²) in [4.78, 5) is 4.51. The van der Waals surface area contributed by atoms with E-state index in [-0.39, 0.29) is 0 Å². The number of thiazole rings is 1. The fraction of sp³-hybridized carbons (Fsp3) is 0.438. The van der Waals surface area contributed by atoms with Crippen LogP contribution in [-0.2, 0) is 6.42 Å².